The van der Waals surface area contributed by atoms with Crippen LogP contribution >= 0.6 is 63.7 Å². The summed E-state index contributed by atoms with van der Waals surface area (Å²) >= 11 is 15.6. The van der Waals surface area contributed by atoms with Gasteiger partial charge in [0.05, 0.1) is 39.6 Å². The van der Waals surface area contributed by atoms with Gasteiger partial charge >= 0.3 is 0 Å². The summed E-state index contributed by atoms with van der Waals surface area (Å²) in [5.74, 6) is 3.27. The third-order valence-corrected chi connectivity index (χ3v) is 14.3. The number of fused-ring (bicyclic) bond motifs is 12. The molecule has 1 unspecified atom stereocenters. The molecule has 3 aliphatic rings. The summed E-state index contributed by atoms with van der Waals surface area (Å²) in [6, 6.07) is 48.9. The first-order valence-electron chi connectivity index (χ1n) is 22.9. The summed E-state index contributed by atoms with van der Waals surface area (Å²) in [5.41, 5.74) is 11.6. The van der Waals surface area contributed by atoms with Crippen molar-refractivity contribution in [2.24, 2.45) is 0 Å². The standard InChI is InChI=1S/C57H53Br4NO6/c1-63-54-40-22-44-30-50(60)32-46-24-42-28-49(59)29-43(55(42)64-2)25-47-33-51(61)31-45(23-41(54)27-48(58)26-40)57(47)68-21-19-66-53(39-16-10-5-11-17-39)36-62(34-37-12-6-3-7-13-37)35-52(38-14-8-4-9-15-38)65-18-20-67-56(44)46/h3-17,26-33,52-53H,18-25,34-36H2,1-2H3/t52-,53?/m0/s1. The molecule has 0 N–H and O–H groups in total. The maximum atomic E-state index is 7.03. The lowest BCUT2D eigenvalue weighted by atomic mass is 9.91. The van der Waals surface area contributed by atoms with Crippen LogP contribution < -0.4 is 18.9 Å². The van der Waals surface area contributed by atoms with Crippen LogP contribution in [0.4, 0.5) is 0 Å². The van der Waals surface area contributed by atoms with Crippen LogP contribution in [0.2, 0.25) is 0 Å². The van der Waals surface area contributed by atoms with E-state index in [9.17, 15) is 0 Å². The Hall–Kier alpha value is -4.46. The predicted molar refractivity (Wildman–Crippen MR) is 284 cm³/mol. The van der Waals surface area contributed by atoms with Crippen molar-refractivity contribution >= 4 is 63.7 Å². The molecule has 350 valence electrons. The number of nitrogens with zero attached hydrogens (tertiary/aromatic N) is 1. The van der Waals surface area contributed by atoms with Crippen molar-refractivity contribution in [2.75, 3.05) is 53.7 Å². The van der Waals surface area contributed by atoms with E-state index in [2.05, 4.69) is 196 Å². The number of hydrogen-bond donors (Lipinski definition) is 0. The molecular weight excluding hydrogens is 1110 g/mol. The predicted octanol–water partition coefficient (Wildman–Crippen LogP) is 14.2. The number of ether oxygens (including phenoxy) is 6. The fraction of sp³-hybridized carbons (Fsp3) is 0.263. The van der Waals surface area contributed by atoms with Crippen LogP contribution in [0.15, 0.2) is 157 Å². The van der Waals surface area contributed by atoms with Crippen molar-refractivity contribution in [3.05, 3.63) is 219 Å². The SMILES string of the molecule is COc1c2cc(Br)cc1Cc1cc(Br)cc3c1OCCO[C@H](c1ccccc1)CN(Cc1ccccc1)CC(c1ccccc1)OCCOc1c(cc(Br)cc1Cc1cc(Br)cc(c1OC)C3)C2. The fourth-order valence-corrected chi connectivity index (χ4v) is 11.9. The van der Waals surface area contributed by atoms with Crippen molar-refractivity contribution in [1.82, 2.24) is 4.90 Å². The minimum atomic E-state index is -0.259. The van der Waals surface area contributed by atoms with Crippen molar-refractivity contribution < 1.29 is 28.4 Å². The van der Waals surface area contributed by atoms with Gasteiger partial charge in [0.2, 0.25) is 0 Å². The van der Waals surface area contributed by atoms with Gasteiger partial charge in [-0.3, -0.25) is 4.90 Å². The van der Waals surface area contributed by atoms with Gasteiger partial charge in [0, 0.05) is 108 Å². The highest BCUT2D eigenvalue weighted by Crippen LogP contribution is 2.42. The number of rotatable bonds is 6. The average Bonchev–Trinajstić information content (AvgIpc) is 3.32. The van der Waals surface area contributed by atoms with Gasteiger partial charge < -0.3 is 28.4 Å². The first kappa shape index (κ1) is 48.6. The number of benzene rings is 7. The van der Waals surface area contributed by atoms with E-state index in [0.717, 1.165) is 96.5 Å². The van der Waals surface area contributed by atoms with Crippen molar-refractivity contribution in [2.45, 2.75) is 44.4 Å². The molecule has 0 fully saturated rings. The van der Waals surface area contributed by atoms with Crippen LogP contribution in [0.5, 0.6) is 23.0 Å². The van der Waals surface area contributed by atoms with Crippen LogP contribution in [-0.2, 0) is 41.7 Å². The largest absolute Gasteiger partial charge is 0.496 e. The summed E-state index contributed by atoms with van der Waals surface area (Å²) < 4.78 is 44.5. The molecule has 0 amide bonds. The molecule has 68 heavy (non-hydrogen) atoms. The first-order valence-corrected chi connectivity index (χ1v) is 26.1. The zero-order valence-corrected chi connectivity index (χ0v) is 44.5. The van der Waals surface area contributed by atoms with Gasteiger partial charge in [0.15, 0.2) is 0 Å². The second-order valence-electron chi connectivity index (χ2n) is 17.2. The van der Waals surface area contributed by atoms with E-state index in [1.54, 1.807) is 14.2 Å². The second-order valence-corrected chi connectivity index (χ2v) is 20.9. The topological polar surface area (TPSA) is 58.6 Å². The van der Waals surface area contributed by atoms with Gasteiger partial charge in [-0.25, -0.2) is 0 Å². The summed E-state index contributed by atoms with van der Waals surface area (Å²) in [7, 11) is 3.51. The highest BCUT2D eigenvalue weighted by atomic mass is 79.9. The van der Waals surface area contributed by atoms with E-state index in [1.807, 2.05) is 12.1 Å². The van der Waals surface area contributed by atoms with Crippen LogP contribution in [-0.4, -0.2) is 58.6 Å². The molecule has 0 aromatic heterocycles. The Bertz CT molecular complexity index is 2560. The zero-order valence-electron chi connectivity index (χ0n) is 38.1. The normalized spacial score (nSPS) is 17.1. The van der Waals surface area contributed by atoms with Crippen LogP contribution in [0, 0.1) is 0 Å². The minimum absolute atomic E-state index is 0.259. The van der Waals surface area contributed by atoms with E-state index in [-0.39, 0.29) is 12.2 Å². The molecule has 0 spiro atoms. The minimum Gasteiger partial charge on any atom is -0.496 e. The smallest absolute Gasteiger partial charge is 0.126 e. The molecule has 2 atom stereocenters. The molecule has 7 aromatic rings. The molecule has 7 nitrogen and oxygen atoms in total. The monoisotopic (exact) mass is 1160 g/mol. The molecule has 2 aliphatic heterocycles. The fourth-order valence-electron chi connectivity index (χ4n) is 9.64. The van der Waals surface area contributed by atoms with E-state index in [0.29, 0.717) is 71.7 Å². The maximum Gasteiger partial charge on any atom is 0.126 e. The van der Waals surface area contributed by atoms with Gasteiger partial charge in [0.1, 0.15) is 36.2 Å². The maximum absolute atomic E-state index is 7.03. The Kier molecular flexibility index (Phi) is 16.4. The lowest BCUT2D eigenvalue weighted by Crippen LogP contribution is -2.34. The number of halogens is 4. The van der Waals surface area contributed by atoms with E-state index >= 15 is 0 Å². The summed E-state index contributed by atoms with van der Waals surface area (Å²) in [6.07, 6.45) is 1.68. The number of methoxy groups -OCH3 is 2. The third kappa shape index (κ3) is 11.9. The molecule has 10 bridgehead atoms. The second kappa shape index (κ2) is 23.0. The molecule has 7 aromatic carbocycles. The van der Waals surface area contributed by atoms with Gasteiger partial charge in [-0.2, -0.15) is 0 Å². The van der Waals surface area contributed by atoms with Crippen LogP contribution in [0.1, 0.15) is 73.4 Å². The number of hydrogen-bond acceptors (Lipinski definition) is 7. The van der Waals surface area contributed by atoms with E-state index in [4.69, 9.17) is 28.4 Å². The van der Waals surface area contributed by atoms with Crippen molar-refractivity contribution in [3.8, 4) is 23.0 Å². The molecular formula is C57H53Br4NO6. The molecule has 0 saturated heterocycles. The molecule has 0 saturated carbocycles. The van der Waals surface area contributed by atoms with Crippen LogP contribution in [0.25, 0.3) is 0 Å². The first-order chi connectivity index (χ1) is 33.2. The Balaban J connectivity index is 1.21. The Morgan fingerprint density at radius 3 is 1.10 bits per heavy atom. The average molecular weight is 1170 g/mol. The lowest BCUT2D eigenvalue weighted by Gasteiger charge is -2.32. The molecule has 10 rings (SSSR count). The van der Waals surface area contributed by atoms with Gasteiger partial charge in [-0.15, -0.1) is 0 Å². The summed E-state index contributed by atoms with van der Waals surface area (Å²) in [4.78, 5) is 2.46. The Labute approximate surface area is 433 Å². The van der Waals surface area contributed by atoms with E-state index < -0.39 is 0 Å². The summed E-state index contributed by atoms with van der Waals surface area (Å²) in [5, 5.41) is 0. The highest BCUT2D eigenvalue weighted by molar-refractivity contribution is 9.11. The van der Waals surface area contributed by atoms with E-state index in [1.165, 1.54) is 5.56 Å². The van der Waals surface area contributed by atoms with Crippen molar-refractivity contribution in [3.63, 3.8) is 0 Å². The molecule has 1 aliphatic carbocycles. The van der Waals surface area contributed by atoms with Crippen molar-refractivity contribution in [1.29, 1.82) is 0 Å². The zero-order chi connectivity index (χ0) is 47.0. The highest BCUT2D eigenvalue weighted by Gasteiger charge is 2.26. The van der Waals surface area contributed by atoms with Gasteiger partial charge in [-0.05, 0) is 65.2 Å². The lowest BCUT2D eigenvalue weighted by molar-refractivity contribution is -0.0213. The van der Waals surface area contributed by atoms with Gasteiger partial charge in [0.25, 0.3) is 0 Å². The third-order valence-electron chi connectivity index (χ3n) is 12.5. The molecule has 11 heteroatoms. The Morgan fingerprint density at radius 2 is 0.765 bits per heavy atom. The van der Waals surface area contributed by atoms with Gasteiger partial charge in [-0.1, -0.05) is 155 Å². The quantitative estimate of drug-likeness (QED) is 0.154. The Morgan fingerprint density at radius 1 is 0.441 bits per heavy atom. The molecule has 0 radical (unpaired) electrons. The summed E-state index contributed by atoms with van der Waals surface area (Å²) in [6.45, 7) is 3.32. The molecule has 2 heterocycles. The van der Waals surface area contributed by atoms with Crippen LogP contribution in [0.3, 0.4) is 0 Å².